The van der Waals surface area contributed by atoms with Crippen LogP contribution < -0.4 is 20.7 Å². The molecule has 1 aliphatic rings. The van der Waals surface area contributed by atoms with Gasteiger partial charge in [-0.25, -0.2) is 15.0 Å². The molecule has 1 fully saturated rings. The smallest absolute Gasteiger partial charge is 0.418 e. The molecule has 4 aromatic rings. The molecule has 44 heavy (non-hydrogen) atoms. The van der Waals surface area contributed by atoms with Crippen LogP contribution in [0.2, 0.25) is 0 Å². The molecule has 1 atom stereocenters. The highest BCUT2D eigenvalue weighted by Crippen LogP contribution is 2.39. The van der Waals surface area contributed by atoms with Gasteiger partial charge < -0.3 is 20.7 Å². The van der Waals surface area contributed by atoms with Gasteiger partial charge in [-0.1, -0.05) is 0 Å². The lowest BCUT2D eigenvalue weighted by atomic mass is 10.0. The number of alkyl halides is 6. The van der Waals surface area contributed by atoms with E-state index in [-0.39, 0.29) is 29.4 Å². The Labute approximate surface area is 247 Å². The van der Waals surface area contributed by atoms with Crippen molar-refractivity contribution in [1.29, 1.82) is 0 Å². The largest absolute Gasteiger partial charge is 0.492 e. The fraction of sp³-hybridized carbons (Fsp3) is 0.267. The summed E-state index contributed by atoms with van der Waals surface area (Å²) in [6.07, 6.45) is -3.78. The van der Waals surface area contributed by atoms with Crippen LogP contribution in [0, 0.1) is 0 Å². The minimum Gasteiger partial charge on any atom is -0.492 e. The average molecular weight is 617 g/mol. The van der Waals surface area contributed by atoms with Crippen molar-refractivity contribution in [2.24, 2.45) is 0 Å². The maximum Gasteiger partial charge on any atom is 0.418 e. The van der Waals surface area contributed by atoms with Crippen molar-refractivity contribution in [3.05, 3.63) is 90.0 Å². The summed E-state index contributed by atoms with van der Waals surface area (Å²) in [6.45, 7) is 2.75. The zero-order valence-electron chi connectivity index (χ0n) is 23.2. The molecule has 0 bridgehead atoms. The van der Waals surface area contributed by atoms with Gasteiger partial charge in [-0.15, -0.1) is 0 Å². The summed E-state index contributed by atoms with van der Waals surface area (Å²) in [4.78, 5) is 25.3. The zero-order valence-corrected chi connectivity index (χ0v) is 23.2. The molecule has 2 aromatic carbocycles. The number of nitrogens with zero attached hydrogens (tertiary/aromatic N) is 3. The first-order valence-electron chi connectivity index (χ1n) is 13.4. The van der Waals surface area contributed by atoms with Crippen molar-refractivity contribution >= 4 is 23.1 Å². The van der Waals surface area contributed by atoms with E-state index in [2.05, 4.69) is 30.9 Å². The van der Waals surface area contributed by atoms with Crippen molar-refractivity contribution in [3.63, 3.8) is 0 Å². The number of carbonyl (C=O) groups excluding carboxylic acids is 1. The van der Waals surface area contributed by atoms with Gasteiger partial charge in [0.05, 0.1) is 22.5 Å². The molecule has 1 amide bonds. The van der Waals surface area contributed by atoms with Gasteiger partial charge in [-0.2, -0.15) is 26.3 Å². The third-order valence-corrected chi connectivity index (χ3v) is 7.01. The quantitative estimate of drug-likeness (QED) is 0.182. The first kappa shape index (κ1) is 30.7. The highest BCUT2D eigenvalue weighted by atomic mass is 19.4. The number of amides is 1. The highest BCUT2D eigenvalue weighted by Gasteiger charge is 2.35. The molecule has 0 radical (unpaired) electrons. The van der Waals surface area contributed by atoms with Gasteiger partial charge in [0, 0.05) is 40.8 Å². The molecule has 2 aromatic heterocycles. The van der Waals surface area contributed by atoms with Crippen LogP contribution >= 0.6 is 0 Å². The van der Waals surface area contributed by atoms with Crippen LogP contribution in [0.5, 0.6) is 5.75 Å². The summed E-state index contributed by atoms with van der Waals surface area (Å²) in [5.74, 6) is -1.03. The number of anilines is 3. The molecule has 8 nitrogen and oxygen atoms in total. The van der Waals surface area contributed by atoms with Crippen LogP contribution in [-0.2, 0) is 12.4 Å². The topological polar surface area (TPSA) is 101 Å². The normalized spacial score (nSPS) is 16.9. The van der Waals surface area contributed by atoms with Crippen LogP contribution in [0.4, 0.5) is 43.5 Å². The molecule has 0 spiro atoms. The van der Waals surface area contributed by atoms with Crippen LogP contribution in [0.3, 0.4) is 0 Å². The third kappa shape index (κ3) is 7.25. The molecular formula is C30H26F6N6O2. The summed E-state index contributed by atoms with van der Waals surface area (Å²) < 4.78 is 88.6. The number of aromatic nitrogens is 3. The number of pyridine rings is 1. The average Bonchev–Trinajstić information content (AvgIpc) is 3.42. The molecule has 5 rings (SSSR count). The van der Waals surface area contributed by atoms with Crippen molar-refractivity contribution in [1.82, 2.24) is 20.3 Å². The summed E-state index contributed by atoms with van der Waals surface area (Å²) in [6, 6.07) is 10.1. The Morgan fingerprint density at radius 1 is 1.00 bits per heavy atom. The van der Waals surface area contributed by atoms with E-state index in [1.807, 2.05) is 6.92 Å². The van der Waals surface area contributed by atoms with Crippen LogP contribution in [-0.4, -0.2) is 39.5 Å². The van der Waals surface area contributed by atoms with E-state index in [9.17, 15) is 31.1 Å². The number of benzene rings is 2. The first-order chi connectivity index (χ1) is 20.8. The summed E-state index contributed by atoms with van der Waals surface area (Å²) >= 11 is 0. The van der Waals surface area contributed by atoms with Crippen molar-refractivity contribution in [2.75, 3.05) is 23.8 Å². The number of rotatable bonds is 8. The number of ether oxygens (including phenoxy) is 1. The van der Waals surface area contributed by atoms with Gasteiger partial charge in [-0.3, -0.25) is 4.79 Å². The van der Waals surface area contributed by atoms with E-state index in [0.29, 0.717) is 17.3 Å². The van der Waals surface area contributed by atoms with Gasteiger partial charge in [0.2, 0.25) is 0 Å². The minimum absolute atomic E-state index is 0.0272. The van der Waals surface area contributed by atoms with Gasteiger partial charge in [0.25, 0.3) is 5.91 Å². The van der Waals surface area contributed by atoms with E-state index in [1.54, 1.807) is 18.2 Å². The number of hydrogen-bond donors (Lipinski definition) is 3. The molecule has 3 N–H and O–H groups in total. The Morgan fingerprint density at radius 3 is 2.50 bits per heavy atom. The van der Waals surface area contributed by atoms with Crippen LogP contribution in [0.15, 0.2) is 73.3 Å². The lowest BCUT2D eigenvalue weighted by molar-refractivity contribution is -0.138. The molecule has 0 unspecified atom stereocenters. The molecule has 0 aliphatic carbocycles. The second-order valence-corrected chi connectivity index (χ2v) is 10.5. The lowest BCUT2D eigenvalue weighted by Crippen LogP contribution is -2.42. The zero-order chi connectivity index (χ0) is 31.5. The van der Waals surface area contributed by atoms with Gasteiger partial charge in [0.15, 0.2) is 0 Å². The van der Waals surface area contributed by atoms with E-state index >= 15 is 0 Å². The Balaban J connectivity index is 1.44. The fourth-order valence-electron chi connectivity index (χ4n) is 4.77. The Morgan fingerprint density at radius 2 is 1.82 bits per heavy atom. The second-order valence-electron chi connectivity index (χ2n) is 10.5. The van der Waals surface area contributed by atoms with Gasteiger partial charge >= 0.3 is 12.4 Å². The molecule has 230 valence electrons. The van der Waals surface area contributed by atoms with E-state index < -0.39 is 40.6 Å². The summed E-state index contributed by atoms with van der Waals surface area (Å²) in [5.41, 5.74) is -2.78. The Hall–Kier alpha value is -4.72. The SMILES string of the molecule is C[C@@]1(COc2cc(NC(=O)c3ccc(C(F)(F)F)c(Nc4ncccc4-c4ccncn4)c3)cc(C(F)(F)F)c2)CCCN1. The third-order valence-electron chi connectivity index (χ3n) is 7.01. The molecule has 3 heterocycles. The predicted octanol–water partition coefficient (Wildman–Crippen LogP) is 7.09. The maximum absolute atomic E-state index is 14.0. The predicted molar refractivity (Wildman–Crippen MR) is 151 cm³/mol. The van der Waals surface area contributed by atoms with Crippen LogP contribution in [0.25, 0.3) is 11.3 Å². The van der Waals surface area contributed by atoms with E-state index in [4.69, 9.17) is 4.74 Å². The fourth-order valence-corrected chi connectivity index (χ4v) is 4.77. The number of carbonyl (C=O) groups is 1. The van der Waals surface area contributed by atoms with Crippen LogP contribution in [0.1, 0.15) is 41.3 Å². The van der Waals surface area contributed by atoms with Crippen molar-refractivity contribution < 1.29 is 35.9 Å². The summed E-state index contributed by atoms with van der Waals surface area (Å²) in [7, 11) is 0. The molecule has 1 saturated heterocycles. The standard InChI is InChI=1S/C30H26F6N6O2/c1-28(8-3-10-40-28)16-44-21-14-19(29(31,32)33)13-20(15-21)41-27(43)18-5-6-23(30(34,35)36)25(12-18)42-26-22(4-2-9-38-26)24-7-11-37-17-39-24/h2,4-7,9,11-15,17,40H,3,8,10,16H2,1H3,(H,38,42)(H,41,43)/t28-/m0/s1. The number of halogens is 6. The molecular weight excluding hydrogens is 590 g/mol. The second kappa shape index (κ2) is 12.1. The monoisotopic (exact) mass is 616 g/mol. The van der Waals surface area contributed by atoms with Gasteiger partial charge in [-0.05, 0) is 74.8 Å². The van der Waals surface area contributed by atoms with E-state index in [1.165, 1.54) is 24.8 Å². The maximum atomic E-state index is 14.0. The molecule has 14 heteroatoms. The number of hydrogen-bond acceptors (Lipinski definition) is 7. The van der Waals surface area contributed by atoms with E-state index in [0.717, 1.165) is 43.7 Å². The molecule has 1 aliphatic heterocycles. The van der Waals surface area contributed by atoms with Crippen molar-refractivity contribution in [3.8, 4) is 17.0 Å². The highest BCUT2D eigenvalue weighted by molar-refractivity contribution is 6.05. The van der Waals surface area contributed by atoms with Crippen molar-refractivity contribution in [2.45, 2.75) is 37.7 Å². The molecule has 0 saturated carbocycles. The lowest BCUT2D eigenvalue weighted by Gasteiger charge is -2.25. The Kier molecular flexibility index (Phi) is 8.46. The number of nitrogens with one attached hydrogen (secondary N) is 3. The minimum atomic E-state index is -4.81. The Bertz CT molecular complexity index is 1640. The summed E-state index contributed by atoms with van der Waals surface area (Å²) in [5, 5.41) is 8.26. The first-order valence-corrected chi connectivity index (χ1v) is 13.4. The van der Waals surface area contributed by atoms with Gasteiger partial charge in [0.1, 0.15) is 24.5 Å².